The molecule has 2 atom stereocenters. The van der Waals surface area contributed by atoms with Gasteiger partial charge in [-0.25, -0.2) is 4.79 Å². The van der Waals surface area contributed by atoms with Crippen molar-refractivity contribution in [3.8, 4) is 30.6 Å². The second-order valence-electron chi connectivity index (χ2n) is 13.6. The SMILES string of the molecule is CCCCC(CC)Cc1ccc(-c2c3cc(-c4sc(C)cc4C(=O)OC)sc3c(-c3ccc(CC(CC)CCCC)s3)c3cc(C)sc23)s1. The number of hydrogen-bond acceptors (Lipinski definition) is 7. The predicted molar refractivity (Wildman–Crippen MR) is 222 cm³/mol. The van der Waals surface area contributed by atoms with E-state index in [0.717, 1.165) is 39.3 Å². The molecule has 6 rings (SSSR count). The van der Waals surface area contributed by atoms with Gasteiger partial charge < -0.3 is 4.74 Å². The molecular weight excluding hydrogens is 697 g/mol. The van der Waals surface area contributed by atoms with Crippen LogP contribution in [0.25, 0.3) is 50.8 Å². The van der Waals surface area contributed by atoms with E-state index in [1.165, 1.54) is 114 Å². The van der Waals surface area contributed by atoms with E-state index in [4.69, 9.17) is 4.74 Å². The van der Waals surface area contributed by atoms with Gasteiger partial charge in [-0.2, -0.15) is 0 Å². The van der Waals surface area contributed by atoms with Gasteiger partial charge in [0.2, 0.25) is 0 Å². The molecule has 0 bridgehead atoms. The summed E-state index contributed by atoms with van der Waals surface area (Å²) < 4.78 is 7.96. The number of esters is 1. The number of aryl methyl sites for hydroxylation is 2. The molecule has 0 spiro atoms. The molecule has 5 heterocycles. The topological polar surface area (TPSA) is 26.3 Å². The van der Waals surface area contributed by atoms with Gasteiger partial charge in [0, 0.05) is 65.4 Å². The van der Waals surface area contributed by atoms with E-state index < -0.39 is 0 Å². The maximum Gasteiger partial charge on any atom is 0.339 e. The smallest absolute Gasteiger partial charge is 0.339 e. The molecule has 0 aliphatic heterocycles. The zero-order valence-corrected chi connectivity index (χ0v) is 34.2. The number of thiophene rings is 5. The summed E-state index contributed by atoms with van der Waals surface area (Å²) in [5, 5.41) is 2.67. The van der Waals surface area contributed by atoms with Gasteiger partial charge in [-0.15, -0.1) is 56.7 Å². The van der Waals surface area contributed by atoms with Crippen LogP contribution >= 0.6 is 56.7 Å². The summed E-state index contributed by atoms with van der Waals surface area (Å²) in [5.74, 6) is 1.22. The van der Waals surface area contributed by atoms with E-state index in [1.54, 1.807) is 11.3 Å². The molecule has 0 saturated heterocycles. The highest BCUT2D eigenvalue weighted by molar-refractivity contribution is 7.28. The summed E-state index contributed by atoms with van der Waals surface area (Å²) in [4.78, 5) is 23.3. The van der Waals surface area contributed by atoms with Crippen molar-refractivity contribution >= 4 is 82.8 Å². The van der Waals surface area contributed by atoms with Crippen LogP contribution in [0.4, 0.5) is 0 Å². The number of hydrogen-bond donors (Lipinski definition) is 0. The first-order valence-corrected chi connectivity index (χ1v) is 22.2. The first-order valence-electron chi connectivity index (χ1n) is 18.1. The lowest BCUT2D eigenvalue weighted by atomic mass is 9.95. The zero-order valence-electron chi connectivity index (χ0n) is 30.1. The second kappa shape index (κ2) is 16.4. The van der Waals surface area contributed by atoms with Crippen LogP contribution in [-0.4, -0.2) is 13.1 Å². The molecule has 2 unspecified atom stereocenters. The molecule has 0 saturated carbocycles. The van der Waals surface area contributed by atoms with Gasteiger partial charge in [0.15, 0.2) is 0 Å². The average molecular weight is 747 g/mol. The minimum atomic E-state index is -0.262. The van der Waals surface area contributed by atoms with Crippen LogP contribution in [0, 0.1) is 25.7 Å². The number of benzene rings is 1. The molecule has 0 N–H and O–H groups in total. The van der Waals surface area contributed by atoms with Gasteiger partial charge in [-0.05, 0) is 81.0 Å². The summed E-state index contributed by atoms with van der Waals surface area (Å²) in [7, 11) is 1.48. The van der Waals surface area contributed by atoms with Gasteiger partial charge in [0.05, 0.1) is 17.6 Å². The Morgan fingerprint density at radius 1 is 0.653 bits per heavy atom. The van der Waals surface area contributed by atoms with E-state index in [9.17, 15) is 4.79 Å². The molecule has 1 aromatic carbocycles. The Morgan fingerprint density at radius 2 is 1.18 bits per heavy atom. The number of carbonyl (C=O) groups is 1. The molecule has 0 fully saturated rings. The lowest BCUT2D eigenvalue weighted by Crippen LogP contribution is -2.01. The van der Waals surface area contributed by atoms with Gasteiger partial charge in [0.1, 0.15) is 0 Å². The van der Waals surface area contributed by atoms with Gasteiger partial charge in [-0.3, -0.25) is 0 Å². The van der Waals surface area contributed by atoms with Crippen LogP contribution in [0.1, 0.15) is 109 Å². The molecule has 0 radical (unpaired) electrons. The maximum atomic E-state index is 13.0. The molecular formula is C42H50O2S5. The lowest BCUT2D eigenvalue weighted by molar-refractivity contribution is 0.0602. The average Bonchev–Trinajstić information content (AvgIpc) is 3.94. The standard InChI is InChI=1S/C42H50O2S5/c1-8-12-14-27(10-3)22-29-16-18-34(47-29)37-31-20-25(5)46-40(31)38(35-19-17-30(48-35)23-28(11-4)15-13-9-2)32-24-36(49-41(32)37)39-33(42(43)44-7)21-26(6)45-39/h16-21,24,27-28H,8-15,22-23H2,1-7H3. The molecule has 0 amide bonds. The molecule has 2 nitrogen and oxygen atoms in total. The molecule has 7 heteroatoms. The Balaban J connectivity index is 1.54. The van der Waals surface area contributed by atoms with Crippen LogP contribution in [0.2, 0.25) is 0 Å². The Hall–Kier alpha value is -2.29. The van der Waals surface area contributed by atoms with Gasteiger partial charge in [-0.1, -0.05) is 79.1 Å². The van der Waals surface area contributed by atoms with Crippen molar-refractivity contribution in [1.82, 2.24) is 0 Å². The number of rotatable bonds is 16. The van der Waals surface area contributed by atoms with E-state index in [-0.39, 0.29) is 5.97 Å². The number of unbranched alkanes of at least 4 members (excludes halogenated alkanes) is 2. The quantitative estimate of drug-likeness (QED) is 0.0922. The van der Waals surface area contributed by atoms with Crippen LogP contribution in [0.5, 0.6) is 0 Å². The summed E-state index contributed by atoms with van der Waals surface area (Å²) >= 11 is 9.45. The predicted octanol–water partition coefficient (Wildman–Crippen LogP) is 15.2. The molecule has 260 valence electrons. The number of carbonyl (C=O) groups excluding carboxylic acids is 1. The van der Waals surface area contributed by atoms with Gasteiger partial charge >= 0.3 is 5.97 Å². The van der Waals surface area contributed by atoms with Crippen molar-refractivity contribution < 1.29 is 9.53 Å². The van der Waals surface area contributed by atoms with Crippen molar-refractivity contribution in [3.63, 3.8) is 0 Å². The summed E-state index contributed by atoms with van der Waals surface area (Å²) in [5.41, 5.74) is 3.40. The normalized spacial score (nSPS) is 13.1. The fourth-order valence-corrected chi connectivity index (χ4v) is 13.1. The maximum absolute atomic E-state index is 13.0. The van der Waals surface area contributed by atoms with Crippen LogP contribution in [0.15, 0.2) is 42.5 Å². The third kappa shape index (κ3) is 7.82. The third-order valence-electron chi connectivity index (χ3n) is 9.95. The van der Waals surface area contributed by atoms with Crippen molar-refractivity contribution in [2.45, 2.75) is 106 Å². The number of ether oxygens (including phenoxy) is 1. The minimum Gasteiger partial charge on any atom is -0.465 e. The largest absolute Gasteiger partial charge is 0.465 e. The number of fused-ring (bicyclic) bond motifs is 2. The first kappa shape index (κ1) is 36.5. The monoisotopic (exact) mass is 746 g/mol. The van der Waals surface area contributed by atoms with E-state index in [0.29, 0.717) is 5.56 Å². The fraction of sp³-hybridized carbons (Fsp3) is 0.452. The van der Waals surface area contributed by atoms with Crippen molar-refractivity contribution in [1.29, 1.82) is 0 Å². The highest BCUT2D eigenvalue weighted by Gasteiger charge is 2.26. The van der Waals surface area contributed by atoms with Crippen LogP contribution in [-0.2, 0) is 17.6 Å². The summed E-state index contributed by atoms with van der Waals surface area (Å²) in [6, 6.07) is 16.3. The summed E-state index contributed by atoms with van der Waals surface area (Å²) in [6.07, 6.45) is 12.6. The molecule has 6 aromatic rings. The zero-order chi connectivity index (χ0) is 34.7. The Bertz CT molecular complexity index is 1920. The molecule has 0 aliphatic rings. The van der Waals surface area contributed by atoms with Crippen LogP contribution in [0.3, 0.4) is 0 Å². The van der Waals surface area contributed by atoms with Crippen molar-refractivity contribution in [3.05, 3.63) is 67.5 Å². The molecule has 5 aromatic heterocycles. The Kier molecular flexibility index (Phi) is 12.2. The second-order valence-corrected chi connectivity index (χ2v) is 19.5. The van der Waals surface area contributed by atoms with Crippen molar-refractivity contribution in [2.24, 2.45) is 11.8 Å². The van der Waals surface area contributed by atoms with E-state index in [2.05, 4.69) is 77.9 Å². The minimum absolute atomic E-state index is 0.262. The summed E-state index contributed by atoms with van der Waals surface area (Å²) in [6.45, 7) is 13.6. The number of methoxy groups -OCH3 is 1. The molecule has 49 heavy (non-hydrogen) atoms. The molecule has 0 aliphatic carbocycles. The third-order valence-corrected chi connectivity index (χ3v) is 15.6. The highest BCUT2D eigenvalue weighted by Crippen LogP contribution is 2.54. The first-order chi connectivity index (χ1) is 23.8. The lowest BCUT2D eigenvalue weighted by Gasteiger charge is -2.13. The van der Waals surface area contributed by atoms with Crippen LogP contribution < -0.4 is 0 Å². The van der Waals surface area contributed by atoms with E-state index in [1.807, 2.05) is 51.4 Å². The fourth-order valence-electron chi connectivity index (χ4n) is 7.15. The van der Waals surface area contributed by atoms with Crippen molar-refractivity contribution in [2.75, 3.05) is 7.11 Å². The Morgan fingerprint density at radius 3 is 1.71 bits per heavy atom. The highest BCUT2D eigenvalue weighted by atomic mass is 32.1. The van der Waals surface area contributed by atoms with Gasteiger partial charge in [0.25, 0.3) is 0 Å². The Labute approximate surface area is 313 Å². The van der Waals surface area contributed by atoms with E-state index >= 15 is 0 Å².